The molecule has 2 nitrogen and oxygen atoms in total. The first-order chi connectivity index (χ1) is 11.3. The molecule has 0 saturated carbocycles. The van der Waals surface area contributed by atoms with Crippen LogP contribution in [0.5, 0.6) is 0 Å². The van der Waals surface area contributed by atoms with Crippen molar-refractivity contribution in [2.24, 2.45) is 5.10 Å². The summed E-state index contributed by atoms with van der Waals surface area (Å²) < 4.78 is 0. The summed E-state index contributed by atoms with van der Waals surface area (Å²) in [6, 6.07) is 30.8. The Morgan fingerprint density at radius 2 is 1.13 bits per heavy atom. The molecule has 2 heteroatoms. The van der Waals surface area contributed by atoms with E-state index >= 15 is 0 Å². The Hall–Kier alpha value is -2.87. The maximum Gasteiger partial charge on any atom is 0.0652 e. The van der Waals surface area contributed by atoms with E-state index in [4.69, 9.17) is 5.10 Å². The number of hydrogen-bond acceptors (Lipinski definition) is 2. The fourth-order valence-electron chi connectivity index (χ4n) is 2.43. The molecule has 3 aromatic carbocycles. The molecule has 3 aromatic rings. The van der Waals surface area contributed by atoms with Crippen LogP contribution in [0, 0.1) is 0 Å². The molecule has 1 atom stereocenters. The monoisotopic (exact) mass is 300 g/mol. The highest BCUT2D eigenvalue weighted by Gasteiger charge is 2.08. The van der Waals surface area contributed by atoms with Crippen molar-refractivity contribution in [1.29, 1.82) is 0 Å². The lowest BCUT2D eigenvalue weighted by atomic mass is 10.0. The Bertz CT molecular complexity index is 697. The van der Waals surface area contributed by atoms with Gasteiger partial charge in [0.2, 0.25) is 0 Å². The van der Waals surface area contributed by atoms with Gasteiger partial charge < -0.3 is 0 Å². The molecule has 0 aromatic heterocycles. The third kappa shape index (κ3) is 3.86. The van der Waals surface area contributed by atoms with Gasteiger partial charge in [-0.15, -0.1) is 0 Å². The molecule has 0 amide bonds. The molecule has 0 saturated heterocycles. The molecule has 23 heavy (non-hydrogen) atoms. The molecular weight excluding hydrogens is 280 g/mol. The molecule has 0 N–H and O–H groups in total. The summed E-state index contributed by atoms with van der Waals surface area (Å²) >= 11 is 0. The van der Waals surface area contributed by atoms with Gasteiger partial charge in [0.15, 0.2) is 0 Å². The Morgan fingerprint density at radius 3 is 1.61 bits per heavy atom. The largest absolute Gasteiger partial charge is 0.234 e. The second-order valence-electron chi connectivity index (χ2n) is 5.45. The Morgan fingerprint density at radius 1 is 0.696 bits per heavy atom. The van der Waals surface area contributed by atoms with Crippen molar-refractivity contribution in [2.45, 2.75) is 12.8 Å². The van der Waals surface area contributed by atoms with Crippen molar-refractivity contribution in [2.75, 3.05) is 5.01 Å². The Kier molecular flexibility index (Phi) is 4.85. The van der Waals surface area contributed by atoms with Crippen molar-refractivity contribution in [3.63, 3.8) is 0 Å². The predicted molar refractivity (Wildman–Crippen MR) is 98.4 cm³/mol. The molecule has 114 valence electrons. The zero-order valence-electron chi connectivity index (χ0n) is 13.2. The molecule has 1 unspecified atom stereocenters. The van der Waals surface area contributed by atoms with E-state index in [-0.39, 0.29) is 5.92 Å². The van der Waals surface area contributed by atoms with Gasteiger partial charge >= 0.3 is 0 Å². The molecule has 0 bridgehead atoms. The topological polar surface area (TPSA) is 15.6 Å². The van der Waals surface area contributed by atoms with Crippen LogP contribution in [0.3, 0.4) is 0 Å². The van der Waals surface area contributed by atoms with Crippen LogP contribution >= 0.6 is 0 Å². The van der Waals surface area contributed by atoms with Gasteiger partial charge in [0, 0.05) is 12.1 Å². The van der Waals surface area contributed by atoms with Crippen LogP contribution in [-0.2, 0) is 0 Å². The zero-order valence-corrected chi connectivity index (χ0v) is 13.2. The number of anilines is 2. The van der Waals surface area contributed by atoms with E-state index in [1.807, 2.05) is 53.7 Å². The number of para-hydroxylation sites is 2. The van der Waals surface area contributed by atoms with Gasteiger partial charge in [0.1, 0.15) is 0 Å². The van der Waals surface area contributed by atoms with Gasteiger partial charge in [-0.3, -0.25) is 0 Å². The number of nitrogens with zero attached hydrogens (tertiary/aromatic N) is 2. The smallest absolute Gasteiger partial charge is 0.0652 e. The van der Waals surface area contributed by atoms with E-state index in [2.05, 4.69) is 55.5 Å². The fraction of sp³-hybridized carbons (Fsp3) is 0.0952. The second kappa shape index (κ2) is 7.41. The SMILES string of the molecule is CC(C=NN(c1ccccc1)c1ccccc1)c1ccccc1. The van der Waals surface area contributed by atoms with Crippen LogP contribution in [0.15, 0.2) is 96.1 Å². The quantitative estimate of drug-likeness (QED) is 0.441. The number of hydrazone groups is 1. The molecule has 0 fully saturated rings. The molecule has 0 radical (unpaired) electrons. The van der Waals surface area contributed by atoms with Gasteiger partial charge in [-0.25, -0.2) is 5.01 Å². The van der Waals surface area contributed by atoms with Crippen LogP contribution in [-0.4, -0.2) is 6.21 Å². The third-order valence-electron chi connectivity index (χ3n) is 3.73. The lowest BCUT2D eigenvalue weighted by Crippen LogP contribution is -2.10. The summed E-state index contributed by atoms with van der Waals surface area (Å²) in [6.07, 6.45) is 2.00. The lowest BCUT2D eigenvalue weighted by Gasteiger charge is -2.20. The zero-order chi connectivity index (χ0) is 15.9. The van der Waals surface area contributed by atoms with Crippen molar-refractivity contribution >= 4 is 17.6 Å². The van der Waals surface area contributed by atoms with E-state index in [1.165, 1.54) is 5.56 Å². The normalized spacial score (nSPS) is 12.2. The highest BCUT2D eigenvalue weighted by Crippen LogP contribution is 2.25. The molecule has 0 spiro atoms. The van der Waals surface area contributed by atoms with Crippen LogP contribution in [0.2, 0.25) is 0 Å². The number of hydrogen-bond donors (Lipinski definition) is 0. The first-order valence-corrected chi connectivity index (χ1v) is 7.84. The van der Waals surface area contributed by atoms with E-state index in [9.17, 15) is 0 Å². The van der Waals surface area contributed by atoms with Gasteiger partial charge in [-0.05, 0) is 29.8 Å². The van der Waals surface area contributed by atoms with Crippen LogP contribution in [0.25, 0.3) is 0 Å². The molecule has 0 aliphatic rings. The Labute approximate surface area is 137 Å². The molecule has 0 aliphatic carbocycles. The standard InChI is InChI=1S/C21H20N2/c1-18(19-11-5-2-6-12-19)17-22-23(20-13-7-3-8-14-20)21-15-9-4-10-16-21/h2-18H,1H3. The first kappa shape index (κ1) is 15.0. The molecule has 0 aliphatic heterocycles. The van der Waals surface area contributed by atoms with E-state index < -0.39 is 0 Å². The maximum atomic E-state index is 4.75. The van der Waals surface area contributed by atoms with Gasteiger partial charge in [0.05, 0.1) is 11.4 Å². The van der Waals surface area contributed by atoms with Crippen molar-refractivity contribution in [3.8, 4) is 0 Å². The lowest BCUT2D eigenvalue weighted by molar-refractivity contribution is 1.01. The maximum absolute atomic E-state index is 4.75. The van der Waals surface area contributed by atoms with Crippen LogP contribution < -0.4 is 5.01 Å². The summed E-state index contributed by atoms with van der Waals surface area (Å²) in [5.41, 5.74) is 3.36. The van der Waals surface area contributed by atoms with Crippen molar-refractivity contribution < 1.29 is 0 Å². The minimum atomic E-state index is 0.256. The average molecular weight is 300 g/mol. The molecule has 0 heterocycles. The first-order valence-electron chi connectivity index (χ1n) is 7.84. The molecule has 3 rings (SSSR count). The summed E-state index contributed by atoms with van der Waals surface area (Å²) in [4.78, 5) is 0. The summed E-state index contributed by atoms with van der Waals surface area (Å²) in [7, 11) is 0. The van der Waals surface area contributed by atoms with E-state index in [0.717, 1.165) is 11.4 Å². The third-order valence-corrected chi connectivity index (χ3v) is 3.73. The summed E-state index contributed by atoms with van der Waals surface area (Å²) in [5.74, 6) is 0.256. The van der Waals surface area contributed by atoms with E-state index in [0.29, 0.717) is 0 Å². The highest BCUT2D eigenvalue weighted by atomic mass is 15.5. The predicted octanol–water partition coefficient (Wildman–Crippen LogP) is 5.61. The average Bonchev–Trinajstić information content (AvgIpc) is 2.64. The van der Waals surface area contributed by atoms with Gasteiger partial charge in [0.25, 0.3) is 0 Å². The summed E-state index contributed by atoms with van der Waals surface area (Å²) in [6.45, 7) is 2.16. The number of rotatable bonds is 5. The summed E-state index contributed by atoms with van der Waals surface area (Å²) in [5, 5.41) is 6.72. The minimum Gasteiger partial charge on any atom is -0.234 e. The van der Waals surface area contributed by atoms with Crippen molar-refractivity contribution in [1.82, 2.24) is 0 Å². The Balaban J connectivity index is 1.89. The van der Waals surface area contributed by atoms with Crippen LogP contribution in [0.1, 0.15) is 18.4 Å². The highest BCUT2D eigenvalue weighted by molar-refractivity contribution is 5.72. The number of benzene rings is 3. The van der Waals surface area contributed by atoms with Gasteiger partial charge in [-0.2, -0.15) is 5.10 Å². The molecular formula is C21H20N2. The van der Waals surface area contributed by atoms with Crippen LogP contribution in [0.4, 0.5) is 11.4 Å². The minimum absolute atomic E-state index is 0.256. The van der Waals surface area contributed by atoms with Crippen molar-refractivity contribution in [3.05, 3.63) is 96.6 Å². The van der Waals surface area contributed by atoms with E-state index in [1.54, 1.807) is 0 Å². The second-order valence-corrected chi connectivity index (χ2v) is 5.45. The fourth-order valence-corrected chi connectivity index (χ4v) is 2.43. The van der Waals surface area contributed by atoms with Gasteiger partial charge in [-0.1, -0.05) is 73.7 Å².